The highest BCUT2D eigenvalue weighted by atomic mass is 35.5. The fourth-order valence-electron chi connectivity index (χ4n) is 2.43. The third kappa shape index (κ3) is 3.09. The molecule has 0 bridgehead atoms. The minimum atomic E-state index is -0.841. The van der Waals surface area contributed by atoms with E-state index in [9.17, 15) is 9.59 Å². The second-order valence-electron chi connectivity index (χ2n) is 4.96. The van der Waals surface area contributed by atoms with Gasteiger partial charge in [-0.3, -0.25) is 9.59 Å². The molecule has 0 aliphatic carbocycles. The number of rotatable bonds is 3. The first-order chi connectivity index (χ1) is 10.1. The summed E-state index contributed by atoms with van der Waals surface area (Å²) in [5, 5.41) is 13.0. The number of carboxylic acids is 1. The van der Waals surface area contributed by atoms with Crippen molar-refractivity contribution < 1.29 is 14.7 Å². The van der Waals surface area contributed by atoms with E-state index in [1.807, 2.05) is 0 Å². The molecule has 0 radical (unpaired) electrons. The van der Waals surface area contributed by atoms with Crippen LogP contribution in [-0.2, 0) is 4.79 Å². The quantitative estimate of drug-likeness (QED) is 0.918. The van der Waals surface area contributed by atoms with Crippen molar-refractivity contribution in [2.24, 2.45) is 5.92 Å². The van der Waals surface area contributed by atoms with E-state index < -0.39 is 11.9 Å². The van der Waals surface area contributed by atoms with Crippen molar-refractivity contribution >= 4 is 24.3 Å². The number of nitrogens with zero attached hydrogens (tertiary/aromatic N) is 4. The van der Waals surface area contributed by atoms with Gasteiger partial charge in [0.1, 0.15) is 12.7 Å². The maximum Gasteiger partial charge on any atom is 0.308 e. The van der Waals surface area contributed by atoms with Gasteiger partial charge in [0.2, 0.25) is 0 Å². The fourth-order valence-corrected chi connectivity index (χ4v) is 2.43. The zero-order valence-corrected chi connectivity index (χ0v) is 12.4. The van der Waals surface area contributed by atoms with Gasteiger partial charge >= 0.3 is 5.97 Å². The van der Waals surface area contributed by atoms with E-state index in [-0.39, 0.29) is 24.9 Å². The number of hydrogen-bond acceptors (Lipinski definition) is 4. The van der Waals surface area contributed by atoms with Crippen molar-refractivity contribution in [3.05, 3.63) is 42.5 Å². The molecule has 1 amide bonds. The van der Waals surface area contributed by atoms with Gasteiger partial charge in [0.05, 0.1) is 11.6 Å². The first-order valence-electron chi connectivity index (χ1n) is 6.62. The maximum absolute atomic E-state index is 12.3. The summed E-state index contributed by atoms with van der Waals surface area (Å²) in [7, 11) is 0. The van der Waals surface area contributed by atoms with Crippen LogP contribution in [0.5, 0.6) is 0 Å². The lowest BCUT2D eigenvalue weighted by molar-refractivity contribution is -0.141. The first kappa shape index (κ1) is 16.0. The van der Waals surface area contributed by atoms with Crippen LogP contribution < -0.4 is 0 Å². The predicted molar refractivity (Wildman–Crippen MR) is 80.3 cm³/mol. The topological polar surface area (TPSA) is 88.3 Å². The minimum Gasteiger partial charge on any atom is -0.481 e. The summed E-state index contributed by atoms with van der Waals surface area (Å²) >= 11 is 0. The van der Waals surface area contributed by atoms with Gasteiger partial charge in [0.15, 0.2) is 0 Å². The first-order valence-corrected chi connectivity index (χ1v) is 6.62. The Morgan fingerprint density at radius 3 is 2.50 bits per heavy atom. The molecule has 1 fully saturated rings. The van der Waals surface area contributed by atoms with Crippen LogP contribution in [0, 0.1) is 5.92 Å². The summed E-state index contributed by atoms with van der Waals surface area (Å²) in [6.07, 6.45) is 3.53. The van der Waals surface area contributed by atoms with Crippen LogP contribution in [0.2, 0.25) is 0 Å². The number of carbonyl (C=O) groups is 2. The lowest BCUT2D eigenvalue weighted by Crippen LogP contribution is -2.29. The predicted octanol–water partition coefficient (Wildman–Crippen LogP) is 1.24. The summed E-state index contributed by atoms with van der Waals surface area (Å²) in [4.78, 5) is 28.7. The largest absolute Gasteiger partial charge is 0.481 e. The molecular weight excluding hydrogens is 308 g/mol. The van der Waals surface area contributed by atoms with E-state index >= 15 is 0 Å². The molecule has 3 rings (SSSR count). The van der Waals surface area contributed by atoms with E-state index in [1.54, 1.807) is 40.2 Å². The summed E-state index contributed by atoms with van der Waals surface area (Å²) in [6, 6.07) is 7.00. The molecule has 2 heterocycles. The highest BCUT2D eigenvalue weighted by Gasteiger charge is 2.31. The highest BCUT2D eigenvalue weighted by Crippen LogP contribution is 2.19. The van der Waals surface area contributed by atoms with Gasteiger partial charge in [-0.25, -0.2) is 9.67 Å². The maximum atomic E-state index is 12.3. The van der Waals surface area contributed by atoms with E-state index in [0.717, 1.165) is 5.69 Å². The van der Waals surface area contributed by atoms with Gasteiger partial charge in [-0.15, -0.1) is 12.4 Å². The molecule has 0 saturated carbocycles. The van der Waals surface area contributed by atoms with Crippen LogP contribution in [-0.4, -0.2) is 49.7 Å². The van der Waals surface area contributed by atoms with Gasteiger partial charge in [0.25, 0.3) is 5.91 Å². The monoisotopic (exact) mass is 322 g/mol. The van der Waals surface area contributed by atoms with Crippen LogP contribution in [0.25, 0.3) is 5.69 Å². The Balaban J connectivity index is 0.00000176. The zero-order chi connectivity index (χ0) is 14.8. The Morgan fingerprint density at radius 1 is 1.23 bits per heavy atom. The lowest BCUT2D eigenvalue weighted by atomic mass is 10.1. The molecule has 22 heavy (non-hydrogen) atoms. The van der Waals surface area contributed by atoms with Crippen LogP contribution in [0.3, 0.4) is 0 Å². The molecule has 1 saturated heterocycles. The van der Waals surface area contributed by atoms with Crippen LogP contribution >= 0.6 is 12.4 Å². The molecule has 2 aromatic rings. The molecule has 1 atom stereocenters. The molecule has 7 nitrogen and oxygen atoms in total. The Kier molecular flexibility index (Phi) is 4.77. The number of amides is 1. The second-order valence-corrected chi connectivity index (χ2v) is 4.96. The van der Waals surface area contributed by atoms with Crippen LogP contribution in [0.1, 0.15) is 16.8 Å². The average Bonchev–Trinajstić information content (AvgIpc) is 3.18. The van der Waals surface area contributed by atoms with Crippen molar-refractivity contribution in [2.45, 2.75) is 6.42 Å². The summed E-state index contributed by atoms with van der Waals surface area (Å²) < 4.78 is 1.60. The molecule has 1 aromatic carbocycles. The molecule has 0 spiro atoms. The third-order valence-corrected chi connectivity index (χ3v) is 3.62. The summed E-state index contributed by atoms with van der Waals surface area (Å²) in [5.74, 6) is -1.43. The molecule has 1 aromatic heterocycles. The SMILES string of the molecule is Cl.O=C(O)C1CCN(C(=O)c2ccc(-n3cncn3)cc2)C1. The minimum absolute atomic E-state index is 0. The Bertz CT molecular complexity index is 657. The summed E-state index contributed by atoms with van der Waals surface area (Å²) in [6.45, 7) is 0.764. The number of aliphatic carboxylic acids is 1. The molecule has 116 valence electrons. The Hall–Kier alpha value is -2.41. The van der Waals surface area contributed by atoms with Crippen LogP contribution in [0.4, 0.5) is 0 Å². The van der Waals surface area contributed by atoms with Gasteiger partial charge in [-0.2, -0.15) is 5.10 Å². The van der Waals surface area contributed by atoms with Crippen molar-refractivity contribution in [3.8, 4) is 5.69 Å². The highest BCUT2D eigenvalue weighted by molar-refractivity contribution is 5.95. The smallest absolute Gasteiger partial charge is 0.308 e. The normalized spacial score (nSPS) is 17.1. The van der Waals surface area contributed by atoms with Gasteiger partial charge in [-0.05, 0) is 30.7 Å². The van der Waals surface area contributed by atoms with Crippen molar-refractivity contribution in [1.82, 2.24) is 19.7 Å². The molecule has 1 aliphatic heterocycles. The van der Waals surface area contributed by atoms with E-state index in [2.05, 4.69) is 10.1 Å². The van der Waals surface area contributed by atoms with E-state index in [0.29, 0.717) is 18.5 Å². The van der Waals surface area contributed by atoms with E-state index in [4.69, 9.17) is 5.11 Å². The lowest BCUT2D eigenvalue weighted by Gasteiger charge is -2.16. The number of aromatic nitrogens is 3. The number of halogens is 1. The van der Waals surface area contributed by atoms with Crippen LogP contribution in [0.15, 0.2) is 36.9 Å². The number of likely N-dealkylation sites (tertiary alicyclic amines) is 1. The Labute approximate surface area is 133 Å². The zero-order valence-electron chi connectivity index (χ0n) is 11.6. The molecular formula is C14H15ClN4O3. The molecule has 1 N–H and O–H groups in total. The van der Waals surface area contributed by atoms with Gasteiger partial charge in [0, 0.05) is 18.7 Å². The number of benzene rings is 1. The number of hydrogen-bond donors (Lipinski definition) is 1. The second kappa shape index (κ2) is 6.57. The van der Waals surface area contributed by atoms with Gasteiger partial charge < -0.3 is 10.0 Å². The molecule has 8 heteroatoms. The standard InChI is InChI=1S/C14H14N4O3.ClH/c19-13(17-6-5-11(7-17)14(20)21)10-1-3-12(4-2-10)18-9-15-8-16-18;/h1-4,8-9,11H,5-7H2,(H,20,21);1H. The van der Waals surface area contributed by atoms with Crippen molar-refractivity contribution in [1.29, 1.82) is 0 Å². The molecule has 1 unspecified atom stereocenters. The fraction of sp³-hybridized carbons (Fsp3) is 0.286. The van der Waals surface area contributed by atoms with Crippen molar-refractivity contribution in [3.63, 3.8) is 0 Å². The van der Waals surface area contributed by atoms with Gasteiger partial charge in [-0.1, -0.05) is 0 Å². The molecule has 1 aliphatic rings. The Morgan fingerprint density at radius 2 is 1.95 bits per heavy atom. The number of carboxylic acid groups (broad SMARTS) is 1. The summed E-state index contributed by atoms with van der Waals surface area (Å²) in [5.41, 5.74) is 1.36. The number of carbonyl (C=O) groups excluding carboxylic acids is 1. The third-order valence-electron chi connectivity index (χ3n) is 3.62. The average molecular weight is 323 g/mol. The van der Waals surface area contributed by atoms with Crippen molar-refractivity contribution in [2.75, 3.05) is 13.1 Å². The van der Waals surface area contributed by atoms with E-state index in [1.165, 1.54) is 6.33 Å².